The Morgan fingerprint density at radius 3 is 2.93 bits per heavy atom. The van der Waals surface area contributed by atoms with Crippen molar-refractivity contribution in [2.45, 2.75) is 38.3 Å². The van der Waals surface area contributed by atoms with Crippen LogP contribution < -0.4 is 5.06 Å². The maximum atomic E-state index is 12.9. The number of aryl methyl sites for hydroxylation is 1. The van der Waals surface area contributed by atoms with Crippen LogP contribution in [0.3, 0.4) is 0 Å². The van der Waals surface area contributed by atoms with Crippen molar-refractivity contribution in [3.05, 3.63) is 69.1 Å². The van der Waals surface area contributed by atoms with Gasteiger partial charge in [-0.25, -0.2) is 4.79 Å². The molecule has 2 heterocycles. The third-order valence-electron chi connectivity index (χ3n) is 6.53. The molecule has 6 rings (SSSR count). The molecular weight excluding hydrogens is 352 g/mol. The largest absolute Gasteiger partial charge is 0.626 e. The Balaban J connectivity index is 1.84. The van der Waals surface area contributed by atoms with Crippen molar-refractivity contribution in [1.29, 1.82) is 0 Å². The van der Waals surface area contributed by atoms with Crippen molar-refractivity contribution in [3.8, 4) is 11.1 Å². The number of aliphatic hydroxyl groups is 1. The Labute approximate surface area is 161 Å². The van der Waals surface area contributed by atoms with Gasteiger partial charge in [0.1, 0.15) is 6.54 Å². The number of benzene rings is 2. The number of H-pyrrole nitrogens is 1. The van der Waals surface area contributed by atoms with Gasteiger partial charge in [-0.1, -0.05) is 36.4 Å². The molecule has 0 radical (unpaired) electrons. The fourth-order valence-electron chi connectivity index (χ4n) is 5.48. The minimum atomic E-state index is -0.656. The van der Waals surface area contributed by atoms with Crippen LogP contribution in [0.5, 0.6) is 0 Å². The van der Waals surface area contributed by atoms with Gasteiger partial charge in [-0.15, -0.1) is 0 Å². The van der Waals surface area contributed by atoms with E-state index in [2.05, 4.69) is 23.2 Å². The van der Waals surface area contributed by atoms with Crippen LogP contribution >= 0.6 is 0 Å². The van der Waals surface area contributed by atoms with Crippen molar-refractivity contribution < 1.29 is 15.0 Å². The molecule has 140 valence electrons. The molecule has 5 nitrogen and oxygen atoms in total. The fraction of sp³-hybridized carbons (Fsp3) is 0.261. The molecule has 3 unspecified atom stereocenters. The van der Waals surface area contributed by atoms with Gasteiger partial charge < -0.3 is 20.4 Å². The Kier molecular flexibility index (Phi) is 3.14. The van der Waals surface area contributed by atoms with E-state index in [0.29, 0.717) is 5.56 Å². The van der Waals surface area contributed by atoms with E-state index in [1.807, 2.05) is 18.2 Å². The Hall–Kier alpha value is -2.73. The number of quaternary nitrogens is 1. The second kappa shape index (κ2) is 5.41. The van der Waals surface area contributed by atoms with Crippen LogP contribution in [0.25, 0.3) is 28.1 Å². The second-order valence-corrected chi connectivity index (χ2v) is 8.09. The summed E-state index contributed by atoms with van der Waals surface area (Å²) in [6.45, 7) is 1.91. The van der Waals surface area contributed by atoms with E-state index in [0.717, 1.165) is 62.8 Å². The van der Waals surface area contributed by atoms with Gasteiger partial charge in [0.2, 0.25) is 0 Å². The quantitative estimate of drug-likeness (QED) is 0.575. The lowest BCUT2D eigenvalue weighted by Crippen LogP contribution is -3.06. The van der Waals surface area contributed by atoms with Crippen LogP contribution in [0.15, 0.2) is 30.3 Å². The number of aliphatic hydroxyl groups excluding tert-OH is 1. The number of hydrogen-bond acceptors (Lipinski definition) is 3. The highest BCUT2D eigenvalue weighted by atomic mass is 16.5. The summed E-state index contributed by atoms with van der Waals surface area (Å²) in [6.07, 6.45) is 5.52. The zero-order valence-corrected chi connectivity index (χ0v) is 15.5. The lowest BCUT2D eigenvalue weighted by Gasteiger charge is -2.19. The van der Waals surface area contributed by atoms with Gasteiger partial charge in [0.25, 0.3) is 0 Å². The molecule has 0 bridgehead atoms. The van der Waals surface area contributed by atoms with Gasteiger partial charge in [0, 0.05) is 33.7 Å². The van der Waals surface area contributed by atoms with Crippen molar-refractivity contribution >= 4 is 22.9 Å². The van der Waals surface area contributed by atoms with E-state index in [9.17, 15) is 15.1 Å². The van der Waals surface area contributed by atoms with Crippen LogP contribution in [0.1, 0.15) is 57.6 Å². The zero-order valence-electron chi connectivity index (χ0n) is 15.5. The molecule has 3 aliphatic rings. The first-order valence-corrected chi connectivity index (χ1v) is 9.82. The lowest BCUT2D eigenvalue weighted by atomic mass is 9.85. The first kappa shape index (κ1) is 16.2. The molecule has 2 aliphatic carbocycles. The third kappa shape index (κ3) is 1.84. The summed E-state index contributed by atoms with van der Waals surface area (Å²) < 4.78 is 0. The minimum Gasteiger partial charge on any atom is -0.626 e. The standard InChI is InChI=1S/C23H20N2O3/c1-11(26)17-12-6-2-3-7-13(12)19-21(17)20-15(10-25(28)23(20)27)18-14-8-4-5-9-16(14)24-22(18)19/h2-4,6-8,11,17,24-26H,5,9-10H2,1H3. The third-order valence-corrected chi connectivity index (χ3v) is 6.53. The van der Waals surface area contributed by atoms with Crippen molar-refractivity contribution in [3.63, 3.8) is 0 Å². The van der Waals surface area contributed by atoms with Crippen LogP contribution in [-0.4, -0.2) is 22.1 Å². The molecule has 0 fully saturated rings. The number of hydroxylamine groups is 2. The maximum Gasteiger partial charge on any atom is 0.345 e. The van der Waals surface area contributed by atoms with Gasteiger partial charge in [-0.2, -0.15) is 0 Å². The Bertz CT molecular complexity index is 1220. The van der Waals surface area contributed by atoms with E-state index in [1.165, 1.54) is 0 Å². The van der Waals surface area contributed by atoms with Gasteiger partial charge in [0.05, 0.1) is 17.2 Å². The number of fused-ring (bicyclic) bond motifs is 10. The molecule has 3 N–H and O–H groups in total. The summed E-state index contributed by atoms with van der Waals surface area (Å²) in [5.74, 6) is -0.698. The molecule has 1 amide bonds. The Morgan fingerprint density at radius 1 is 1.29 bits per heavy atom. The normalized spacial score (nSPS) is 22.9. The second-order valence-electron chi connectivity index (χ2n) is 8.09. The van der Waals surface area contributed by atoms with Crippen molar-refractivity contribution in [2.24, 2.45) is 0 Å². The average Bonchev–Trinajstić information content (AvgIpc) is 3.31. The first-order chi connectivity index (χ1) is 13.6. The first-order valence-electron chi connectivity index (χ1n) is 9.82. The summed E-state index contributed by atoms with van der Waals surface area (Å²) >= 11 is 0. The molecule has 28 heavy (non-hydrogen) atoms. The molecule has 5 heteroatoms. The van der Waals surface area contributed by atoms with Crippen molar-refractivity contribution in [2.75, 3.05) is 0 Å². The molecule has 0 saturated heterocycles. The predicted octanol–water partition coefficient (Wildman–Crippen LogP) is 2.66. The van der Waals surface area contributed by atoms with E-state index in [4.69, 9.17) is 0 Å². The van der Waals surface area contributed by atoms with Gasteiger partial charge in [-0.3, -0.25) is 0 Å². The topological polar surface area (TPSA) is 80.6 Å². The monoisotopic (exact) mass is 372 g/mol. The number of allylic oxidation sites excluding steroid dienone is 1. The molecule has 2 aromatic carbocycles. The number of nitrogens with one attached hydrogen (secondary N) is 2. The number of carbonyl (C=O) groups excluding carboxylic acids is 1. The molecular formula is C23H20N2O3. The van der Waals surface area contributed by atoms with Gasteiger partial charge in [0.15, 0.2) is 0 Å². The SMILES string of the molecule is CC(O)C1c2ccccc2-c2c1c1c(c3c4c([nH]c23)CCC=C4)C[NH+]([O-])C1=O. The summed E-state index contributed by atoms with van der Waals surface area (Å²) in [5.41, 5.74) is 8.55. The highest BCUT2D eigenvalue weighted by Crippen LogP contribution is 2.53. The zero-order chi connectivity index (χ0) is 19.2. The van der Waals surface area contributed by atoms with Crippen LogP contribution in [0.2, 0.25) is 0 Å². The molecule has 1 aliphatic heterocycles. The summed E-state index contributed by atoms with van der Waals surface area (Å²) in [4.78, 5) is 16.6. The number of amides is 1. The van der Waals surface area contributed by atoms with E-state index in [-0.39, 0.29) is 17.5 Å². The Morgan fingerprint density at radius 2 is 2.11 bits per heavy atom. The maximum absolute atomic E-state index is 12.9. The summed E-state index contributed by atoms with van der Waals surface area (Å²) in [6, 6.07) is 8.03. The van der Waals surface area contributed by atoms with Gasteiger partial charge in [-0.05, 0) is 36.5 Å². The summed E-state index contributed by atoms with van der Waals surface area (Å²) in [7, 11) is 0. The summed E-state index contributed by atoms with van der Waals surface area (Å²) in [5, 5.41) is 23.8. The fourth-order valence-corrected chi connectivity index (χ4v) is 5.48. The number of rotatable bonds is 1. The molecule has 0 saturated carbocycles. The van der Waals surface area contributed by atoms with E-state index >= 15 is 0 Å². The highest BCUT2D eigenvalue weighted by Gasteiger charge is 2.44. The molecule has 1 aromatic heterocycles. The molecule has 3 aromatic rings. The van der Waals surface area contributed by atoms with E-state index < -0.39 is 12.0 Å². The predicted molar refractivity (Wildman–Crippen MR) is 107 cm³/mol. The number of aromatic amines is 1. The number of hydrogen-bond donors (Lipinski definition) is 3. The van der Waals surface area contributed by atoms with Crippen LogP contribution in [0, 0.1) is 5.21 Å². The van der Waals surface area contributed by atoms with Crippen molar-refractivity contribution in [1.82, 2.24) is 4.98 Å². The van der Waals surface area contributed by atoms with Gasteiger partial charge >= 0.3 is 5.91 Å². The molecule has 0 spiro atoms. The lowest BCUT2D eigenvalue weighted by molar-refractivity contribution is -0.767. The average molecular weight is 372 g/mol. The van der Waals surface area contributed by atoms with E-state index in [1.54, 1.807) is 6.92 Å². The number of aromatic nitrogens is 1. The van der Waals surface area contributed by atoms with Crippen LogP contribution in [0.4, 0.5) is 0 Å². The molecule has 3 atom stereocenters. The highest BCUT2D eigenvalue weighted by molar-refractivity contribution is 6.12. The minimum absolute atomic E-state index is 0.152. The number of carbonyl (C=O) groups is 1. The van der Waals surface area contributed by atoms with Crippen LogP contribution in [-0.2, 0) is 13.0 Å². The smallest absolute Gasteiger partial charge is 0.345 e.